The number of nitrogens with one attached hydrogen (secondary N) is 1. The Bertz CT molecular complexity index is 523. The summed E-state index contributed by atoms with van der Waals surface area (Å²) < 4.78 is 0. The molecule has 0 saturated carbocycles. The zero-order chi connectivity index (χ0) is 13.0. The summed E-state index contributed by atoms with van der Waals surface area (Å²) in [4.78, 5) is 8.49. The Balaban J connectivity index is 1.90. The smallest absolute Gasteiger partial charge is 0.0724 e. The minimum absolute atomic E-state index is 0.692. The van der Waals surface area contributed by atoms with Gasteiger partial charge in [-0.2, -0.15) is 0 Å². The second-order valence-electron chi connectivity index (χ2n) is 4.35. The third kappa shape index (κ3) is 3.52. The van der Waals surface area contributed by atoms with Gasteiger partial charge in [0, 0.05) is 30.5 Å². The molecular weight excluding hydrogens is 246 g/mol. The van der Waals surface area contributed by atoms with Gasteiger partial charge in [0.1, 0.15) is 0 Å². The van der Waals surface area contributed by atoms with Gasteiger partial charge in [-0.05, 0) is 31.0 Å². The van der Waals surface area contributed by atoms with E-state index in [2.05, 4.69) is 21.4 Å². The van der Waals surface area contributed by atoms with E-state index >= 15 is 0 Å². The number of nitrogens with zero attached hydrogens (tertiary/aromatic N) is 2. The van der Waals surface area contributed by atoms with E-state index in [-0.39, 0.29) is 0 Å². The molecule has 2 aromatic rings. The van der Waals surface area contributed by atoms with E-state index in [4.69, 9.17) is 11.6 Å². The molecule has 1 N–H and O–H groups in total. The lowest BCUT2D eigenvalue weighted by atomic mass is 10.1. The highest BCUT2D eigenvalue weighted by molar-refractivity contribution is 6.31. The SMILES string of the molecule is Cc1ccc(CNCc2cnc(C)cn2)c(Cl)c1. The number of benzene rings is 1. The summed E-state index contributed by atoms with van der Waals surface area (Å²) in [6.07, 6.45) is 3.56. The first-order valence-electron chi connectivity index (χ1n) is 5.88. The van der Waals surface area contributed by atoms with Gasteiger partial charge >= 0.3 is 0 Å². The van der Waals surface area contributed by atoms with Crippen LogP contribution < -0.4 is 5.32 Å². The number of hydrogen-bond donors (Lipinski definition) is 1. The van der Waals surface area contributed by atoms with Gasteiger partial charge in [0.25, 0.3) is 0 Å². The van der Waals surface area contributed by atoms with E-state index < -0.39 is 0 Å². The van der Waals surface area contributed by atoms with Gasteiger partial charge in [0.15, 0.2) is 0 Å². The Morgan fingerprint density at radius 3 is 2.61 bits per heavy atom. The Labute approximate surface area is 112 Å². The molecule has 0 amide bonds. The minimum atomic E-state index is 0.692. The first kappa shape index (κ1) is 13.0. The lowest BCUT2D eigenvalue weighted by Crippen LogP contribution is -2.14. The number of hydrogen-bond acceptors (Lipinski definition) is 3. The first-order chi connectivity index (χ1) is 8.65. The van der Waals surface area contributed by atoms with Crippen LogP contribution in [0.25, 0.3) is 0 Å². The number of aromatic nitrogens is 2. The van der Waals surface area contributed by atoms with Crippen molar-refractivity contribution in [1.82, 2.24) is 15.3 Å². The predicted octanol–water partition coefficient (Wildman–Crippen LogP) is 3.04. The molecule has 0 spiro atoms. The zero-order valence-electron chi connectivity index (χ0n) is 10.6. The van der Waals surface area contributed by atoms with Gasteiger partial charge in [-0.1, -0.05) is 23.7 Å². The summed E-state index contributed by atoms with van der Waals surface area (Å²) in [6.45, 7) is 5.38. The topological polar surface area (TPSA) is 37.8 Å². The lowest BCUT2D eigenvalue weighted by Gasteiger charge is -2.07. The highest BCUT2D eigenvalue weighted by Gasteiger charge is 2.01. The molecule has 0 aliphatic carbocycles. The molecule has 3 nitrogen and oxygen atoms in total. The molecule has 94 valence electrons. The molecule has 18 heavy (non-hydrogen) atoms. The van der Waals surface area contributed by atoms with Crippen LogP contribution in [0.4, 0.5) is 0 Å². The molecule has 4 heteroatoms. The fourth-order valence-corrected chi connectivity index (χ4v) is 1.93. The average Bonchev–Trinajstić information content (AvgIpc) is 2.34. The number of rotatable bonds is 4. The molecule has 0 unspecified atom stereocenters. The van der Waals surface area contributed by atoms with Crippen LogP contribution in [0.3, 0.4) is 0 Å². The lowest BCUT2D eigenvalue weighted by molar-refractivity contribution is 0.676. The largest absolute Gasteiger partial charge is 0.307 e. The molecule has 1 heterocycles. The molecule has 0 fully saturated rings. The monoisotopic (exact) mass is 261 g/mol. The van der Waals surface area contributed by atoms with E-state index in [1.165, 1.54) is 5.56 Å². The van der Waals surface area contributed by atoms with Crippen LogP contribution in [0.1, 0.15) is 22.5 Å². The van der Waals surface area contributed by atoms with Crippen molar-refractivity contribution in [1.29, 1.82) is 0 Å². The van der Waals surface area contributed by atoms with Crippen LogP contribution in [0, 0.1) is 13.8 Å². The molecule has 0 aliphatic rings. The fourth-order valence-electron chi connectivity index (χ4n) is 1.63. The second kappa shape index (κ2) is 5.94. The Kier molecular flexibility index (Phi) is 4.28. The normalized spacial score (nSPS) is 10.6. The molecule has 2 rings (SSSR count). The highest BCUT2D eigenvalue weighted by Crippen LogP contribution is 2.17. The molecule has 0 aliphatic heterocycles. The van der Waals surface area contributed by atoms with Gasteiger partial charge < -0.3 is 5.32 Å². The van der Waals surface area contributed by atoms with Crippen LogP contribution in [-0.2, 0) is 13.1 Å². The van der Waals surface area contributed by atoms with Crippen LogP contribution in [-0.4, -0.2) is 9.97 Å². The zero-order valence-corrected chi connectivity index (χ0v) is 11.3. The van der Waals surface area contributed by atoms with Crippen molar-refractivity contribution in [2.75, 3.05) is 0 Å². The van der Waals surface area contributed by atoms with Crippen molar-refractivity contribution in [3.63, 3.8) is 0 Å². The predicted molar refractivity (Wildman–Crippen MR) is 73.5 cm³/mol. The van der Waals surface area contributed by atoms with E-state index in [1.807, 2.05) is 26.0 Å². The van der Waals surface area contributed by atoms with Crippen molar-refractivity contribution in [3.8, 4) is 0 Å². The average molecular weight is 262 g/mol. The molecule has 1 aromatic carbocycles. The quantitative estimate of drug-likeness (QED) is 0.919. The van der Waals surface area contributed by atoms with E-state index in [0.29, 0.717) is 6.54 Å². The van der Waals surface area contributed by atoms with E-state index in [9.17, 15) is 0 Å². The number of halogens is 1. The Morgan fingerprint density at radius 2 is 1.94 bits per heavy atom. The van der Waals surface area contributed by atoms with Crippen molar-refractivity contribution < 1.29 is 0 Å². The summed E-state index contributed by atoms with van der Waals surface area (Å²) in [5.74, 6) is 0. The van der Waals surface area contributed by atoms with Gasteiger partial charge in [0.2, 0.25) is 0 Å². The molecule has 0 radical (unpaired) electrons. The summed E-state index contributed by atoms with van der Waals surface area (Å²) >= 11 is 6.16. The maximum Gasteiger partial charge on any atom is 0.0724 e. The summed E-state index contributed by atoms with van der Waals surface area (Å²) in [5.41, 5.74) is 4.14. The maximum absolute atomic E-state index is 6.16. The third-order valence-electron chi connectivity index (χ3n) is 2.66. The van der Waals surface area contributed by atoms with Crippen LogP contribution in [0.2, 0.25) is 5.02 Å². The number of aryl methyl sites for hydroxylation is 2. The molecule has 1 aromatic heterocycles. The van der Waals surface area contributed by atoms with Gasteiger partial charge in [-0.25, -0.2) is 0 Å². The second-order valence-corrected chi connectivity index (χ2v) is 4.75. The Hall–Kier alpha value is -1.45. The molecule has 0 bridgehead atoms. The summed E-state index contributed by atoms with van der Waals surface area (Å²) in [7, 11) is 0. The van der Waals surface area contributed by atoms with Crippen molar-refractivity contribution in [2.24, 2.45) is 0 Å². The Morgan fingerprint density at radius 1 is 1.11 bits per heavy atom. The van der Waals surface area contributed by atoms with Gasteiger partial charge in [-0.15, -0.1) is 0 Å². The first-order valence-corrected chi connectivity index (χ1v) is 6.26. The maximum atomic E-state index is 6.16. The molecule has 0 atom stereocenters. The van der Waals surface area contributed by atoms with Crippen LogP contribution in [0.15, 0.2) is 30.6 Å². The third-order valence-corrected chi connectivity index (χ3v) is 3.02. The van der Waals surface area contributed by atoms with E-state index in [0.717, 1.165) is 28.5 Å². The standard InChI is InChI=1S/C14H16ClN3/c1-10-3-4-12(14(15)5-10)7-16-8-13-9-17-11(2)6-18-13/h3-6,9,16H,7-8H2,1-2H3. The summed E-state index contributed by atoms with van der Waals surface area (Å²) in [6, 6.07) is 6.09. The van der Waals surface area contributed by atoms with Crippen LogP contribution >= 0.6 is 11.6 Å². The fraction of sp³-hybridized carbons (Fsp3) is 0.286. The van der Waals surface area contributed by atoms with E-state index in [1.54, 1.807) is 12.4 Å². The van der Waals surface area contributed by atoms with Gasteiger partial charge in [0.05, 0.1) is 11.4 Å². The minimum Gasteiger partial charge on any atom is -0.307 e. The molecular formula is C14H16ClN3. The van der Waals surface area contributed by atoms with Crippen molar-refractivity contribution in [2.45, 2.75) is 26.9 Å². The van der Waals surface area contributed by atoms with Crippen molar-refractivity contribution in [3.05, 3.63) is 58.1 Å². The van der Waals surface area contributed by atoms with Crippen molar-refractivity contribution >= 4 is 11.6 Å². The summed E-state index contributed by atoms with van der Waals surface area (Å²) in [5, 5.41) is 4.11. The van der Waals surface area contributed by atoms with Gasteiger partial charge in [-0.3, -0.25) is 9.97 Å². The molecule has 0 saturated heterocycles. The highest BCUT2D eigenvalue weighted by atomic mass is 35.5. The van der Waals surface area contributed by atoms with Crippen LogP contribution in [0.5, 0.6) is 0 Å².